The highest BCUT2D eigenvalue weighted by Gasteiger charge is 2.35. The average molecular weight is 558 g/mol. The van der Waals surface area contributed by atoms with Crippen LogP contribution in [0.1, 0.15) is 36.9 Å². The van der Waals surface area contributed by atoms with E-state index >= 15 is 0 Å². The quantitative estimate of drug-likeness (QED) is 0.476. The number of carbonyl (C=O) groups is 1. The van der Waals surface area contributed by atoms with Crippen molar-refractivity contribution in [1.82, 2.24) is 19.8 Å². The van der Waals surface area contributed by atoms with E-state index in [2.05, 4.69) is 46.5 Å². The van der Waals surface area contributed by atoms with Gasteiger partial charge >= 0.3 is 6.01 Å². The van der Waals surface area contributed by atoms with Crippen molar-refractivity contribution in [1.29, 1.82) is 5.26 Å². The van der Waals surface area contributed by atoms with Crippen molar-refractivity contribution in [3.8, 4) is 17.8 Å². The summed E-state index contributed by atoms with van der Waals surface area (Å²) in [7, 11) is 2.14. The molecule has 3 aliphatic heterocycles. The van der Waals surface area contributed by atoms with Crippen molar-refractivity contribution < 1.29 is 14.3 Å². The van der Waals surface area contributed by atoms with E-state index in [0.29, 0.717) is 50.9 Å². The Morgan fingerprint density at radius 2 is 2.07 bits per heavy atom. The predicted octanol–water partition coefficient (Wildman–Crippen LogP) is 2.82. The number of likely N-dealkylation sites (tertiary alicyclic amines) is 1. The Morgan fingerprint density at radius 1 is 1.20 bits per heavy atom. The summed E-state index contributed by atoms with van der Waals surface area (Å²) in [5, 5.41) is 9.51. The fourth-order valence-corrected chi connectivity index (χ4v) is 6.81. The number of amides is 1. The first-order chi connectivity index (χ1) is 20.1. The lowest BCUT2D eigenvalue weighted by Gasteiger charge is -2.43. The fraction of sp³-hybridized carbons (Fsp3) is 0.548. The Balaban J connectivity index is 1.29. The summed E-state index contributed by atoms with van der Waals surface area (Å²) in [6, 6.07) is 11.4. The smallest absolute Gasteiger partial charge is 0.318 e. The first-order valence-electron chi connectivity index (χ1n) is 14.8. The van der Waals surface area contributed by atoms with Gasteiger partial charge in [-0.25, -0.2) is 0 Å². The lowest BCUT2D eigenvalue weighted by atomic mass is 9.90. The van der Waals surface area contributed by atoms with Gasteiger partial charge in [-0.1, -0.05) is 18.7 Å². The lowest BCUT2D eigenvalue weighted by Crippen LogP contribution is -2.55. The van der Waals surface area contributed by atoms with Gasteiger partial charge in [0.25, 0.3) is 0 Å². The second-order valence-electron chi connectivity index (χ2n) is 11.4. The van der Waals surface area contributed by atoms with Gasteiger partial charge in [0.15, 0.2) is 0 Å². The molecule has 2 aromatic rings. The molecule has 2 fully saturated rings. The van der Waals surface area contributed by atoms with Crippen LogP contribution in [0.25, 0.3) is 0 Å². The van der Waals surface area contributed by atoms with Gasteiger partial charge in [-0.15, -0.1) is 0 Å². The number of ether oxygens (including phenoxy) is 2. The summed E-state index contributed by atoms with van der Waals surface area (Å²) < 4.78 is 12.2. The summed E-state index contributed by atoms with van der Waals surface area (Å²) in [6.07, 6.45) is 6.53. The molecule has 4 heterocycles. The summed E-state index contributed by atoms with van der Waals surface area (Å²) in [5.41, 5.74) is 3.34. The largest absolute Gasteiger partial charge is 0.490 e. The number of para-hydroxylation sites is 2. The second kappa shape index (κ2) is 12.0. The van der Waals surface area contributed by atoms with Crippen LogP contribution in [-0.4, -0.2) is 96.8 Å². The van der Waals surface area contributed by atoms with E-state index in [0.717, 1.165) is 67.3 Å². The number of likely N-dealkylation sites (N-methyl/N-ethyl adjacent to an activating group) is 1. The zero-order chi connectivity index (χ0) is 28.3. The topological polar surface area (TPSA) is 98.1 Å². The molecule has 4 aliphatic rings. The van der Waals surface area contributed by atoms with Gasteiger partial charge in [-0.3, -0.25) is 4.79 Å². The summed E-state index contributed by atoms with van der Waals surface area (Å²) in [5.74, 6) is 1.69. The minimum atomic E-state index is -0.220. The van der Waals surface area contributed by atoms with Crippen LogP contribution in [0, 0.1) is 11.3 Å². The molecule has 0 saturated carbocycles. The molecule has 1 aromatic carbocycles. The van der Waals surface area contributed by atoms with E-state index in [1.54, 1.807) is 4.90 Å². The molecule has 10 heteroatoms. The van der Waals surface area contributed by atoms with Gasteiger partial charge in [-0.05, 0) is 57.5 Å². The molecule has 216 valence electrons. The Kier molecular flexibility index (Phi) is 7.97. The van der Waals surface area contributed by atoms with Crippen molar-refractivity contribution in [2.75, 3.05) is 62.8 Å². The van der Waals surface area contributed by atoms with Crippen LogP contribution >= 0.6 is 0 Å². The number of nitrogens with zero attached hydrogens (tertiary/aromatic N) is 7. The number of piperazine rings is 1. The summed E-state index contributed by atoms with van der Waals surface area (Å²) in [4.78, 5) is 31.3. The van der Waals surface area contributed by atoms with E-state index in [9.17, 15) is 10.1 Å². The van der Waals surface area contributed by atoms with Gasteiger partial charge in [-0.2, -0.15) is 15.2 Å². The average Bonchev–Trinajstić information content (AvgIpc) is 3.43. The van der Waals surface area contributed by atoms with Gasteiger partial charge in [0, 0.05) is 43.7 Å². The van der Waals surface area contributed by atoms with E-state index < -0.39 is 0 Å². The molecule has 0 bridgehead atoms. The molecule has 0 N–H and O–H groups in total. The maximum Gasteiger partial charge on any atom is 0.318 e. The summed E-state index contributed by atoms with van der Waals surface area (Å²) >= 11 is 0. The molecule has 6 rings (SSSR count). The molecular formula is C31H39N7O3. The molecule has 41 heavy (non-hydrogen) atoms. The molecular weight excluding hydrogens is 518 g/mol. The Bertz CT molecular complexity index is 1330. The minimum Gasteiger partial charge on any atom is -0.490 e. The molecule has 0 spiro atoms. The molecule has 1 aromatic heterocycles. The highest BCUT2D eigenvalue weighted by atomic mass is 16.5. The van der Waals surface area contributed by atoms with Crippen molar-refractivity contribution in [2.24, 2.45) is 0 Å². The minimum absolute atomic E-state index is 0.132. The Labute approximate surface area is 242 Å². The molecule has 2 saturated heterocycles. The SMILES string of the molecule is C=CC(=O)N1CCN(c2nc(OCC3CCCN3C)nc3c2CCC(N2CCOc4ccccc42)C3)C[C@@H]1CC#N. The number of nitriles is 1. The first kappa shape index (κ1) is 27.3. The van der Waals surface area contributed by atoms with E-state index in [1.165, 1.54) is 12.5 Å². The maximum atomic E-state index is 12.5. The van der Waals surface area contributed by atoms with Gasteiger partial charge in [0.05, 0.1) is 36.5 Å². The number of hydrogen-bond donors (Lipinski definition) is 0. The molecule has 1 amide bonds. The van der Waals surface area contributed by atoms with Gasteiger partial charge in [0.1, 0.15) is 24.8 Å². The monoisotopic (exact) mass is 557 g/mol. The standard InChI is InChI=1S/C31H39N7O3/c1-3-29(39)38-16-15-36(20-23(38)12-13-32)30-25-11-10-22(37-17-18-40-28-9-5-4-8-27(28)37)19-26(25)33-31(34-30)41-21-24-7-6-14-35(24)2/h3-5,8-9,22-24H,1,6-7,10-12,14-21H2,2H3/t22?,23-,24?/m0/s1. The van der Waals surface area contributed by atoms with Gasteiger partial charge < -0.3 is 29.1 Å². The highest BCUT2D eigenvalue weighted by molar-refractivity contribution is 5.87. The highest BCUT2D eigenvalue weighted by Crippen LogP contribution is 2.38. The van der Waals surface area contributed by atoms with E-state index in [-0.39, 0.29) is 18.4 Å². The zero-order valence-corrected chi connectivity index (χ0v) is 23.9. The van der Waals surface area contributed by atoms with Crippen molar-refractivity contribution in [2.45, 2.75) is 56.7 Å². The number of carbonyl (C=O) groups excluding carboxylic acids is 1. The third-order valence-electron chi connectivity index (χ3n) is 9.06. The van der Waals surface area contributed by atoms with E-state index in [1.807, 2.05) is 12.1 Å². The van der Waals surface area contributed by atoms with Crippen molar-refractivity contribution >= 4 is 17.4 Å². The number of aromatic nitrogens is 2. The Morgan fingerprint density at radius 3 is 2.88 bits per heavy atom. The number of anilines is 2. The third kappa shape index (κ3) is 5.55. The number of hydrogen-bond acceptors (Lipinski definition) is 9. The maximum absolute atomic E-state index is 12.5. The van der Waals surface area contributed by atoms with Crippen LogP contribution in [-0.2, 0) is 17.6 Å². The summed E-state index contributed by atoms with van der Waals surface area (Å²) in [6.45, 7) is 8.52. The second-order valence-corrected chi connectivity index (χ2v) is 11.4. The van der Waals surface area contributed by atoms with Crippen LogP contribution in [0.15, 0.2) is 36.9 Å². The molecule has 10 nitrogen and oxygen atoms in total. The number of fused-ring (bicyclic) bond motifs is 2. The molecule has 1 aliphatic carbocycles. The van der Waals surface area contributed by atoms with Crippen LogP contribution in [0.2, 0.25) is 0 Å². The predicted molar refractivity (Wildman–Crippen MR) is 156 cm³/mol. The third-order valence-corrected chi connectivity index (χ3v) is 9.06. The van der Waals surface area contributed by atoms with Crippen LogP contribution < -0.4 is 19.3 Å². The van der Waals surface area contributed by atoms with Crippen molar-refractivity contribution in [3.63, 3.8) is 0 Å². The Hall–Kier alpha value is -3.84. The van der Waals surface area contributed by atoms with Crippen LogP contribution in [0.3, 0.4) is 0 Å². The molecule has 2 unspecified atom stereocenters. The number of benzene rings is 1. The van der Waals surface area contributed by atoms with Gasteiger partial charge in [0.2, 0.25) is 5.91 Å². The molecule has 3 atom stereocenters. The normalized spacial score (nSPS) is 24.2. The van der Waals surface area contributed by atoms with E-state index in [4.69, 9.17) is 19.4 Å². The lowest BCUT2D eigenvalue weighted by molar-refractivity contribution is -0.128. The van der Waals surface area contributed by atoms with Crippen molar-refractivity contribution in [3.05, 3.63) is 48.2 Å². The number of rotatable bonds is 7. The van der Waals surface area contributed by atoms with Crippen LogP contribution in [0.4, 0.5) is 11.5 Å². The molecule has 0 radical (unpaired) electrons. The fourth-order valence-electron chi connectivity index (χ4n) is 6.81. The van der Waals surface area contributed by atoms with Crippen LogP contribution in [0.5, 0.6) is 11.8 Å². The zero-order valence-electron chi connectivity index (χ0n) is 23.9. The first-order valence-corrected chi connectivity index (χ1v) is 14.8.